The predicted molar refractivity (Wildman–Crippen MR) is 499 cm³/mol. The fourth-order valence-electron chi connectivity index (χ4n) is 16.9. The number of aromatic hydroxyl groups is 3. The fraction of sp³-hybridized carbons (Fsp3) is 0.296. The molecule has 19 atom stereocenters. The lowest BCUT2D eigenvalue weighted by molar-refractivity contribution is -0.231. The van der Waals surface area contributed by atoms with Crippen LogP contribution in [-0.4, -0.2) is 162 Å². The molecule has 4 unspecified atom stereocenters. The van der Waals surface area contributed by atoms with Gasteiger partial charge in [-0.3, -0.25) is 0 Å². The molecule has 127 heavy (non-hydrogen) atoms. The highest BCUT2D eigenvalue weighted by molar-refractivity contribution is 8.25. The zero-order valence-electron chi connectivity index (χ0n) is 68.3. The number of nitrogens with zero attached hydrogens (tertiary/aromatic N) is 3. The van der Waals surface area contributed by atoms with Crippen LogP contribution in [0.25, 0.3) is 22.3 Å². The van der Waals surface area contributed by atoms with Crippen LogP contribution in [0.5, 0.6) is 17.2 Å². The summed E-state index contributed by atoms with van der Waals surface area (Å²) < 4.78 is 66.8. The summed E-state index contributed by atoms with van der Waals surface area (Å²) in [5.41, 5.74) is 11.3. The van der Waals surface area contributed by atoms with Crippen molar-refractivity contribution in [2.24, 2.45) is 0 Å². The van der Waals surface area contributed by atoms with Crippen LogP contribution in [0, 0.1) is 23.3 Å². The van der Waals surface area contributed by atoms with Gasteiger partial charge in [-0.1, -0.05) is 230 Å². The quantitative estimate of drug-likeness (QED) is 0.0177. The molecule has 19 nitrogen and oxygen atoms in total. The highest BCUT2D eigenvalue weighted by atomic mass is 32.2. The second-order valence-corrected chi connectivity index (χ2v) is 37.5. The molecule has 0 amide bonds. The van der Waals surface area contributed by atoms with Crippen LogP contribution in [0.4, 0.5) is 34.6 Å². The van der Waals surface area contributed by atoms with E-state index in [1.165, 1.54) is 48.5 Å². The monoisotopic (exact) mass is 1840 g/mol. The molecule has 0 spiro atoms. The van der Waals surface area contributed by atoms with Gasteiger partial charge in [0.15, 0.2) is 0 Å². The van der Waals surface area contributed by atoms with E-state index in [1.54, 1.807) is 132 Å². The summed E-state index contributed by atoms with van der Waals surface area (Å²) in [4.78, 5) is 6.15. The molecule has 11 aromatic rings. The van der Waals surface area contributed by atoms with Crippen molar-refractivity contribution in [3.63, 3.8) is 0 Å². The normalized spacial score (nSPS) is 24.8. The number of phenolic OH excluding ortho intramolecular Hbond substituents is 3. The highest BCUT2D eigenvalue weighted by Crippen LogP contribution is 2.53. The molecular weight excluding hydrogens is 1740 g/mol. The Morgan fingerprint density at radius 3 is 1.00 bits per heavy atom. The van der Waals surface area contributed by atoms with E-state index >= 15 is 0 Å². The first-order valence-electron chi connectivity index (χ1n) is 41.7. The van der Waals surface area contributed by atoms with Gasteiger partial charge in [0.1, 0.15) is 115 Å². The number of hydrogen-bond acceptors (Lipinski definition) is 22. The summed E-state index contributed by atoms with van der Waals surface area (Å²) in [6, 6.07) is 75.1. The van der Waals surface area contributed by atoms with E-state index in [0.29, 0.717) is 79.3 Å². The van der Waals surface area contributed by atoms with Gasteiger partial charge < -0.3 is 95.7 Å². The number of benzene rings is 11. The van der Waals surface area contributed by atoms with Gasteiger partial charge in [0.2, 0.25) is 0 Å². The third kappa shape index (κ3) is 22.1. The maximum Gasteiger partial charge on any atom is 0.141 e. The Morgan fingerprint density at radius 2 is 0.646 bits per heavy atom. The second kappa shape index (κ2) is 43.0. The molecule has 0 aromatic heterocycles. The Morgan fingerprint density at radius 1 is 0.331 bits per heavy atom. The van der Waals surface area contributed by atoms with Crippen LogP contribution < -0.4 is 14.7 Å². The minimum absolute atomic E-state index is 0.00676. The molecule has 11 aromatic carbocycles. The summed E-state index contributed by atoms with van der Waals surface area (Å²) >= 11 is 22.1. The summed E-state index contributed by atoms with van der Waals surface area (Å²) in [7, 11) is 0. The van der Waals surface area contributed by atoms with Crippen molar-refractivity contribution in [3.05, 3.63) is 335 Å². The Bertz CT molecular complexity index is 5240. The number of ether oxygens (including phenoxy) is 2. The number of aliphatic hydroxyl groups is 11. The number of thioether (sulfide) groups is 3. The smallest absolute Gasteiger partial charge is 0.141 e. The van der Waals surface area contributed by atoms with E-state index in [0.717, 1.165) is 68.8 Å². The van der Waals surface area contributed by atoms with Crippen LogP contribution in [-0.2, 0) is 9.47 Å². The molecule has 29 heteroatoms. The molecule has 0 saturated carbocycles. The van der Waals surface area contributed by atoms with E-state index in [-0.39, 0.29) is 74.4 Å². The third-order valence-electron chi connectivity index (χ3n) is 23.7. The first kappa shape index (κ1) is 93.9. The fourth-order valence-corrected chi connectivity index (χ4v) is 22.4. The van der Waals surface area contributed by atoms with Gasteiger partial charge in [-0.05, 0) is 216 Å². The lowest BCUT2D eigenvalue weighted by Gasteiger charge is -2.40. The number of aliphatic hydroxyl groups excluding tert-OH is 11. The molecule has 0 bridgehead atoms. The molecule has 14 N–H and O–H groups in total. The Balaban J connectivity index is 0.000000158. The summed E-state index contributed by atoms with van der Waals surface area (Å²) in [5, 5.41) is 146. The molecular formula is C98H97F4N3O16S6. The topological polar surface area (TPSA) is 311 Å². The molecule has 0 radical (unpaired) electrons. The number of halogens is 4. The van der Waals surface area contributed by atoms with Gasteiger partial charge in [-0.25, -0.2) is 17.6 Å². The number of para-hydroxylation sites is 2. The third-order valence-corrected chi connectivity index (χ3v) is 28.7. The first-order valence-corrected chi connectivity index (χ1v) is 45.5. The molecule has 5 aliphatic heterocycles. The summed E-state index contributed by atoms with van der Waals surface area (Å²) in [6.07, 6.45) is -9.61. The molecule has 5 aliphatic rings. The summed E-state index contributed by atoms with van der Waals surface area (Å²) in [5.74, 6) is -0.954. The van der Waals surface area contributed by atoms with Crippen molar-refractivity contribution in [1.29, 1.82) is 0 Å². The largest absolute Gasteiger partial charge is 0.508 e. The van der Waals surface area contributed by atoms with Crippen molar-refractivity contribution in [1.82, 2.24) is 0 Å². The zero-order valence-corrected chi connectivity index (χ0v) is 73.2. The van der Waals surface area contributed by atoms with Gasteiger partial charge in [-0.2, -0.15) is 0 Å². The molecule has 16 rings (SSSR count). The average Bonchev–Trinajstić information content (AvgIpc) is 1.64. The van der Waals surface area contributed by atoms with E-state index in [1.807, 2.05) is 126 Å². The second-order valence-electron chi connectivity index (χ2n) is 31.9. The Kier molecular flexibility index (Phi) is 31.8. The SMILES string of the molecule is OC[C@H]1O[C@@H](c2ccc(-c3ccc([C@@H]4[C@@H](CCCC(O)c5ccc(F)cc5)SC(=S)N4c4ccccc4)c(O)c3)cc2)[C@H](O)[C@@H](O)[C@@H]1O.OC[C@H]1O[C@@H](c2ccc(-c3ccc([C@@H]4[C@@H](CCC[C@@H](O)c5ccc(F)cc5)SC(=S)N4c4ccccc4)c(O)c3)cc2)[C@H](O)[C@@H](O)[C@@H]1O.Oc1ccc(C2C(CCC(O)c3ccc(F)cc3)SC(=S)N2c2ccc(F)cc2)cc1. The lowest BCUT2D eigenvalue weighted by atomic mass is 9.90. The highest BCUT2D eigenvalue weighted by Gasteiger charge is 2.48. The number of thiocarbonyl (C=S) groups is 3. The molecule has 5 fully saturated rings. The number of phenols is 3. The van der Waals surface area contributed by atoms with Gasteiger partial charge >= 0.3 is 0 Å². The van der Waals surface area contributed by atoms with Gasteiger partial charge in [-0.15, -0.1) is 0 Å². The van der Waals surface area contributed by atoms with Crippen molar-refractivity contribution in [2.45, 2.75) is 165 Å². The van der Waals surface area contributed by atoms with Crippen LogP contribution >= 0.6 is 71.9 Å². The number of rotatable bonds is 26. The standard InChI is InChI=1S/2C37H38FNO7S2.C24H21F2NO2S2/c2*38-25-16-13-22(14-17-25)28(41)7-4-8-31-32(39(37(47)48-31)26-5-2-1-3-6-26)27-18-15-24(19-29(27)42)21-9-11-23(12-10-21)36-35(45)34(44)33(43)30(20-40)46-36;25-17-5-1-15(2-6-17)21(29)13-14-22-23(16-3-11-20(28)12-4-16)27(24(30)31-22)19-9-7-18(26)8-10-19/h2*1-3,5-6,9-19,28,30-36,40-45H,4,7-8,20H2;1-12,21-23,28-29H,13-14H2/t28?,30-,31-,32-,33-,34+,35-,36+;28-,30-,31-,32-,33-,34+,35-,36+;/m11./s1. The molecule has 5 heterocycles. The zero-order chi connectivity index (χ0) is 89.9. The maximum absolute atomic E-state index is 13.5. The van der Waals surface area contributed by atoms with Crippen molar-refractivity contribution in [3.8, 4) is 39.5 Å². The average molecular weight is 1840 g/mol. The maximum atomic E-state index is 13.5. The van der Waals surface area contributed by atoms with Crippen molar-refractivity contribution < 1.29 is 98.5 Å². The van der Waals surface area contributed by atoms with E-state index < -0.39 is 92.6 Å². The minimum atomic E-state index is -1.47. The van der Waals surface area contributed by atoms with Crippen LogP contribution in [0.15, 0.2) is 267 Å². The Labute approximate surface area is 761 Å². The summed E-state index contributed by atoms with van der Waals surface area (Å²) in [6.45, 7) is -1.01. The van der Waals surface area contributed by atoms with Crippen LogP contribution in [0.1, 0.15) is 145 Å². The minimum Gasteiger partial charge on any atom is -0.508 e. The molecule has 5 saturated heterocycles. The van der Waals surface area contributed by atoms with E-state index in [2.05, 4.69) is 9.80 Å². The number of anilines is 3. The van der Waals surface area contributed by atoms with Crippen molar-refractivity contribution in [2.75, 3.05) is 27.9 Å². The van der Waals surface area contributed by atoms with Gasteiger partial charge in [0.25, 0.3) is 0 Å². The van der Waals surface area contributed by atoms with Gasteiger partial charge in [0, 0.05) is 43.9 Å². The van der Waals surface area contributed by atoms with Crippen LogP contribution in [0.2, 0.25) is 0 Å². The van der Waals surface area contributed by atoms with Crippen LogP contribution in [0.3, 0.4) is 0 Å². The van der Waals surface area contributed by atoms with E-state index in [4.69, 9.17) is 46.1 Å². The van der Waals surface area contributed by atoms with Gasteiger partial charge in [0.05, 0.1) is 49.7 Å². The van der Waals surface area contributed by atoms with E-state index in [9.17, 15) is 89.1 Å². The molecule has 0 aliphatic carbocycles. The predicted octanol–water partition coefficient (Wildman–Crippen LogP) is 17.3. The Hall–Kier alpha value is -9.26. The molecule has 664 valence electrons. The van der Waals surface area contributed by atoms with Crippen molar-refractivity contribution >= 4 is 102 Å². The number of hydrogen-bond donors (Lipinski definition) is 14. The first-order chi connectivity index (χ1) is 61.2. The lowest BCUT2D eigenvalue weighted by Crippen LogP contribution is -2.55.